The van der Waals surface area contributed by atoms with E-state index in [1.54, 1.807) is 12.1 Å². The van der Waals surface area contributed by atoms with Crippen molar-refractivity contribution < 1.29 is 14.1 Å². The molecule has 1 amide bonds. The van der Waals surface area contributed by atoms with E-state index >= 15 is 0 Å². The SMILES string of the molecule is O=C1CC(C(=O)N2CCc3ccccc3C2C[N+]2(Cc3ccc(Cl)cc3)CCCC2)c2cc(Cl)ccc21. The lowest BCUT2D eigenvalue weighted by molar-refractivity contribution is -0.932. The van der Waals surface area contributed by atoms with Gasteiger partial charge >= 0.3 is 0 Å². The largest absolute Gasteiger partial charge is 0.329 e. The van der Waals surface area contributed by atoms with E-state index < -0.39 is 5.92 Å². The minimum atomic E-state index is -0.461. The van der Waals surface area contributed by atoms with Crippen LogP contribution >= 0.6 is 23.2 Å². The lowest BCUT2D eigenvalue weighted by Gasteiger charge is -2.44. The molecule has 3 aromatic carbocycles. The Morgan fingerprint density at radius 2 is 1.65 bits per heavy atom. The maximum atomic E-state index is 14.2. The summed E-state index contributed by atoms with van der Waals surface area (Å²) in [5, 5.41) is 1.32. The number of Topliss-reactive ketones (excluding diaryl/α,β-unsaturated/α-hetero) is 1. The third kappa shape index (κ3) is 4.71. The second-order valence-electron chi connectivity index (χ2n) is 10.9. The van der Waals surface area contributed by atoms with Gasteiger partial charge in [-0.25, -0.2) is 0 Å². The maximum absolute atomic E-state index is 14.2. The van der Waals surface area contributed by atoms with Crippen molar-refractivity contribution in [3.05, 3.63) is 105 Å². The number of likely N-dealkylation sites (tertiary alicyclic amines) is 1. The van der Waals surface area contributed by atoms with Gasteiger partial charge in [-0.05, 0) is 53.4 Å². The highest BCUT2D eigenvalue weighted by Crippen LogP contribution is 2.41. The summed E-state index contributed by atoms with van der Waals surface area (Å²) in [6.45, 7) is 4.67. The number of benzene rings is 3. The van der Waals surface area contributed by atoms with E-state index in [2.05, 4.69) is 41.3 Å². The molecule has 190 valence electrons. The molecule has 3 aromatic rings. The third-order valence-electron chi connectivity index (χ3n) is 8.58. The van der Waals surface area contributed by atoms with E-state index in [0.29, 0.717) is 17.1 Å². The number of nitrogens with zero attached hydrogens (tertiary/aromatic N) is 2. The van der Waals surface area contributed by atoms with Gasteiger partial charge in [-0.2, -0.15) is 0 Å². The van der Waals surface area contributed by atoms with Crippen molar-refractivity contribution in [2.24, 2.45) is 0 Å². The number of hydrogen-bond acceptors (Lipinski definition) is 2. The smallest absolute Gasteiger partial charge is 0.231 e. The van der Waals surface area contributed by atoms with Gasteiger partial charge in [-0.15, -0.1) is 0 Å². The van der Waals surface area contributed by atoms with Crippen LogP contribution in [0.15, 0.2) is 66.7 Å². The summed E-state index contributed by atoms with van der Waals surface area (Å²) in [6, 6.07) is 22.1. The summed E-state index contributed by atoms with van der Waals surface area (Å²) < 4.78 is 0.955. The molecule has 0 N–H and O–H groups in total. The van der Waals surface area contributed by atoms with E-state index in [-0.39, 0.29) is 24.2 Å². The number of carbonyl (C=O) groups is 2. The number of quaternary nitrogens is 1. The normalized spacial score (nSPS) is 22.1. The van der Waals surface area contributed by atoms with Crippen LogP contribution in [0.25, 0.3) is 0 Å². The third-order valence-corrected chi connectivity index (χ3v) is 9.07. The van der Waals surface area contributed by atoms with Gasteiger partial charge in [-0.3, -0.25) is 9.59 Å². The van der Waals surface area contributed by atoms with Crippen LogP contribution in [-0.4, -0.2) is 47.3 Å². The Bertz CT molecular complexity index is 1350. The Hall–Kier alpha value is -2.66. The lowest BCUT2D eigenvalue weighted by Crippen LogP contribution is -2.53. The van der Waals surface area contributed by atoms with Gasteiger partial charge in [0, 0.05) is 47.0 Å². The van der Waals surface area contributed by atoms with Crippen LogP contribution in [0, 0.1) is 0 Å². The van der Waals surface area contributed by atoms with Crippen molar-refractivity contribution in [1.29, 1.82) is 0 Å². The molecular formula is C31H31Cl2N2O2+. The zero-order valence-electron chi connectivity index (χ0n) is 20.8. The fraction of sp³-hybridized carbons (Fsp3) is 0.355. The zero-order valence-corrected chi connectivity index (χ0v) is 22.3. The number of halogens is 2. The molecule has 1 fully saturated rings. The molecule has 6 heteroatoms. The van der Waals surface area contributed by atoms with E-state index in [1.807, 2.05) is 18.2 Å². The number of carbonyl (C=O) groups excluding carboxylic acids is 2. The average Bonchev–Trinajstić information content (AvgIpc) is 3.49. The Morgan fingerprint density at radius 3 is 2.43 bits per heavy atom. The fourth-order valence-electron chi connectivity index (χ4n) is 6.77. The van der Waals surface area contributed by atoms with Crippen molar-refractivity contribution in [3.8, 4) is 0 Å². The minimum absolute atomic E-state index is 0.0267. The fourth-order valence-corrected chi connectivity index (χ4v) is 7.08. The van der Waals surface area contributed by atoms with E-state index in [0.717, 1.165) is 47.7 Å². The van der Waals surface area contributed by atoms with Gasteiger partial charge in [0.25, 0.3) is 0 Å². The second-order valence-corrected chi connectivity index (χ2v) is 11.7. The van der Waals surface area contributed by atoms with E-state index in [9.17, 15) is 9.59 Å². The highest BCUT2D eigenvalue weighted by molar-refractivity contribution is 6.31. The summed E-state index contributed by atoms with van der Waals surface area (Å²) >= 11 is 12.5. The molecular weight excluding hydrogens is 503 g/mol. The molecule has 0 spiro atoms. The molecule has 3 aliphatic rings. The summed E-state index contributed by atoms with van der Waals surface area (Å²) in [4.78, 5) is 29.1. The van der Waals surface area contributed by atoms with Crippen molar-refractivity contribution in [2.45, 2.75) is 44.2 Å². The quantitative estimate of drug-likeness (QED) is 0.346. The van der Waals surface area contributed by atoms with Crippen molar-refractivity contribution >= 4 is 34.9 Å². The van der Waals surface area contributed by atoms with Crippen LogP contribution in [0.4, 0.5) is 0 Å². The first-order chi connectivity index (χ1) is 17.9. The van der Waals surface area contributed by atoms with Gasteiger partial charge in [0.05, 0.1) is 19.0 Å². The predicted molar refractivity (Wildman–Crippen MR) is 147 cm³/mol. The van der Waals surface area contributed by atoms with Gasteiger partial charge in [0.1, 0.15) is 19.1 Å². The van der Waals surface area contributed by atoms with Crippen LogP contribution in [0.5, 0.6) is 0 Å². The summed E-state index contributed by atoms with van der Waals surface area (Å²) in [5.41, 5.74) is 5.27. The summed E-state index contributed by atoms with van der Waals surface area (Å²) in [5.74, 6) is -0.375. The van der Waals surface area contributed by atoms with Crippen molar-refractivity contribution in [1.82, 2.24) is 4.90 Å². The average molecular weight is 535 g/mol. The Balaban J connectivity index is 1.35. The topological polar surface area (TPSA) is 37.4 Å². The molecule has 37 heavy (non-hydrogen) atoms. The zero-order chi connectivity index (χ0) is 25.6. The number of rotatable bonds is 5. The Morgan fingerprint density at radius 1 is 0.919 bits per heavy atom. The molecule has 0 aromatic heterocycles. The molecule has 1 saturated heterocycles. The highest BCUT2D eigenvalue weighted by Gasteiger charge is 2.44. The number of hydrogen-bond donors (Lipinski definition) is 0. The first kappa shape index (κ1) is 24.7. The molecule has 0 saturated carbocycles. The maximum Gasteiger partial charge on any atom is 0.231 e. The molecule has 2 unspecified atom stereocenters. The molecule has 0 radical (unpaired) electrons. The van der Waals surface area contributed by atoms with Gasteiger partial charge in [-0.1, -0.05) is 59.6 Å². The lowest BCUT2D eigenvalue weighted by atomic mass is 9.89. The molecule has 0 bridgehead atoms. The molecule has 2 atom stereocenters. The van der Waals surface area contributed by atoms with Gasteiger partial charge < -0.3 is 9.38 Å². The molecule has 2 aliphatic heterocycles. The summed E-state index contributed by atoms with van der Waals surface area (Å²) in [6.07, 6.45) is 3.45. The van der Waals surface area contributed by atoms with Gasteiger partial charge in [0.2, 0.25) is 5.91 Å². The first-order valence-corrected chi connectivity index (χ1v) is 14.0. The van der Waals surface area contributed by atoms with Crippen LogP contribution in [-0.2, 0) is 17.8 Å². The molecule has 1 aliphatic carbocycles. The highest BCUT2D eigenvalue weighted by atomic mass is 35.5. The number of ketones is 1. The van der Waals surface area contributed by atoms with Crippen molar-refractivity contribution in [3.63, 3.8) is 0 Å². The molecule has 2 heterocycles. The van der Waals surface area contributed by atoms with E-state index in [1.165, 1.54) is 29.5 Å². The van der Waals surface area contributed by atoms with Crippen LogP contribution < -0.4 is 0 Å². The van der Waals surface area contributed by atoms with Crippen LogP contribution in [0.1, 0.15) is 63.8 Å². The number of amides is 1. The monoisotopic (exact) mass is 533 g/mol. The van der Waals surface area contributed by atoms with Crippen LogP contribution in [0.2, 0.25) is 10.0 Å². The Labute approximate surface area is 228 Å². The molecule has 4 nitrogen and oxygen atoms in total. The Kier molecular flexibility index (Phi) is 6.60. The summed E-state index contributed by atoms with van der Waals surface area (Å²) in [7, 11) is 0. The second kappa shape index (κ2) is 9.90. The number of fused-ring (bicyclic) bond motifs is 2. The molecule has 6 rings (SSSR count). The first-order valence-electron chi connectivity index (χ1n) is 13.2. The van der Waals surface area contributed by atoms with E-state index in [4.69, 9.17) is 23.2 Å². The van der Waals surface area contributed by atoms with Gasteiger partial charge in [0.15, 0.2) is 5.78 Å². The predicted octanol–water partition coefficient (Wildman–Crippen LogP) is 6.60. The standard InChI is InChI=1S/C31H31Cl2N2O2/c32-23-9-7-21(8-10-23)19-35(15-3-4-16-35)20-29-25-6-2-1-5-22(25)13-14-34(29)31(37)28-18-30(36)26-12-11-24(33)17-27(26)28/h1-2,5-12,17,28-29H,3-4,13-16,18-20H2/q+1. The minimum Gasteiger partial charge on any atom is -0.329 e. The van der Waals surface area contributed by atoms with Crippen LogP contribution in [0.3, 0.4) is 0 Å². The van der Waals surface area contributed by atoms with Crippen molar-refractivity contribution in [2.75, 3.05) is 26.2 Å².